The number of anilines is 1. The molecule has 28 heavy (non-hydrogen) atoms. The van der Waals surface area contributed by atoms with E-state index in [1.165, 1.54) is 17.6 Å². The van der Waals surface area contributed by atoms with E-state index in [1.54, 1.807) is 6.20 Å². The lowest BCUT2D eigenvalue weighted by atomic mass is 9.87. The molecular formula is C21H19FN4O2. The lowest BCUT2D eigenvalue weighted by Gasteiger charge is -2.26. The Balaban J connectivity index is 1.53. The van der Waals surface area contributed by atoms with Gasteiger partial charge in [0.05, 0.1) is 11.3 Å². The molecule has 2 aromatic carbocycles. The molecule has 3 aromatic rings. The molecule has 1 atom stereocenters. The molecule has 1 amide bonds. The lowest BCUT2D eigenvalue weighted by Crippen LogP contribution is -2.29. The van der Waals surface area contributed by atoms with E-state index in [-0.39, 0.29) is 11.6 Å². The highest BCUT2D eigenvalue weighted by molar-refractivity contribution is 5.94. The van der Waals surface area contributed by atoms with Crippen LogP contribution in [0.4, 0.5) is 10.3 Å². The Morgan fingerprint density at radius 3 is 2.75 bits per heavy atom. The van der Waals surface area contributed by atoms with Gasteiger partial charge in [0.1, 0.15) is 5.82 Å². The zero-order valence-corrected chi connectivity index (χ0v) is 15.0. The Labute approximate surface area is 161 Å². The van der Waals surface area contributed by atoms with E-state index in [9.17, 15) is 9.18 Å². The minimum Gasteiger partial charge on any atom is -0.351 e. The number of aryl methyl sites for hydroxylation is 1. The van der Waals surface area contributed by atoms with Gasteiger partial charge in [-0.1, -0.05) is 30.3 Å². The highest BCUT2D eigenvalue weighted by Crippen LogP contribution is 2.26. The van der Waals surface area contributed by atoms with Gasteiger partial charge in [-0.15, -0.1) is 0 Å². The van der Waals surface area contributed by atoms with Crippen LogP contribution in [0.2, 0.25) is 0 Å². The molecule has 6 nitrogen and oxygen atoms in total. The Morgan fingerprint density at radius 2 is 1.96 bits per heavy atom. The van der Waals surface area contributed by atoms with Crippen molar-refractivity contribution in [3.05, 3.63) is 77.2 Å². The molecule has 1 heterocycles. The smallest absolute Gasteiger partial charge is 0.277 e. The number of nitrogens with one attached hydrogen (secondary N) is 2. The number of hydrogen-bond acceptors (Lipinski definition) is 5. The highest BCUT2D eigenvalue weighted by Gasteiger charge is 2.23. The average molecular weight is 378 g/mol. The van der Waals surface area contributed by atoms with Crippen molar-refractivity contribution in [3.63, 3.8) is 0 Å². The van der Waals surface area contributed by atoms with Crippen molar-refractivity contribution in [3.8, 4) is 11.3 Å². The van der Waals surface area contributed by atoms with Crippen molar-refractivity contribution in [2.45, 2.75) is 25.3 Å². The second kappa shape index (κ2) is 7.74. The first kappa shape index (κ1) is 18.1. The van der Waals surface area contributed by atoms with Crippen molar-refractivity contribution in [1.29, 1.82) is 0 Å². The van der Waals surface area contributed by atoms with Gasteiger partial charge in [0.15, 0.2) is 0 Å². The number of benzene rings is 2. The number of halogens is 1. The summed E-state index contributed by atoms with van der Waals surface area (Å²) in [5.41, 5.74) is 4.92. The predicted octanol–water partition coefficient (Wildman–Crippen LogP) is 3.37. The van der Waals surface area contributed by atoms with E-state index in [0.29, 0.717) is 18.8 Å². The monoisotopic (exact) mass is 378 g/mol. The largest absolute Gasteiger partial charge is 0.351 e. The first-order chi connectivity index (χ1) is 13.6. The molecule has 1 unspecified atom stereocenters. The topological polar surface area (TPSA) is 87.1 Å². The second-order valence-electron chi connectivity index (χ2n) is 6.76. The standard InChI is InChI=1S/C21H19FN4O2/c22-18-12-14-6-7-16(10-15(14)11-17(18)20(27)26-28)24-21-23-9-8-19(25-21)13-4-2-1-3-5-13/h1-5,8-9,11-12,16,28H,6-7,10H2,(H,26,27)(H,23,24,25). The van der Waals surface area contributed by atoms with Crippen LogP contribution in [0.15, 0.2) is 54.7 Å². The average Bonchev–Trinajstić information content (AvgIpc) is 2.74. The van der Waals surface area contributed by atoms with Crippen LogP contribution < -0.4 is 10.8 Å². The van der Waals surface area contributed by atoms with Gasteiger partial charge >= 0.3 is 0 Å². The summed E-state index contributed by atoms with van der Waals surface area (Å²) in [6, 6.07) is 14.7. The van der Waals surface area contributed by atoms with Crippen molar-refractivity contribution in [2.24, 2.45) is 0 Å². The summed E-state index contributed by atoms with van der Waals surface area (Å²) >= 11 is 0. The normalized spacial score (nSPS) is 15.6. The second-order valence-corrected chi connectivity index (χ2v) is 6.76. The molecule has 0 saturated heterocycles. The number of aromatic nitrogens is 2. The Bertz CT molecular complexity index is 1010. The molecular weight excluding hydrogens is 359 g/mol. The zero-order chi connectivity index (χ0) is 19.5. The number of hydroxylamine groups is 1. The van der Waals surface area contributed by atoms with Crippen LogP contribution in [0.3, 0.4) is 0 Å². The third kappa shape index (κ3) is 3.70. The van der Waals surface area contributed by atoms with Gasteiger partial charge < -0.3 is 5.32 Å². The minimum atomic E-state index is -0.853. The number of hydrogen-bond donors (Lipinski definition) is 3. The molecule has 0 spiro atoms. The van der Waals surface area contributed by atoms with Gasteiger partial charge in [0.25, 0.3) is 5.91 Å². The summed E-state index contributed by atoms with van der Waals surface area (Å²) in [4.78, 5) is 20.5. The molecule has 0 radical (unpaired) electrons. The van der Waals surface area contributed by atoms with Crippen LogP contribution in [0.5, 0.6) is 0 Å². The van der Waals surface area contributed by atoms with Crippen molar-refractivity contribution < 1.29 is 14.4 Å². The molecule has 1 aliphatic rings. The lowest BCUT2D eigenvalue weighted by molar-refractivity contribution is 0.0701. The fourth-order valence-corrected chi connectivity index (χ4v) is 3.52. The number of nitrogens with zero attached hydrogens (tertiary/aromatic N) is 2. The number of fused-ring (bicyclic) bond motifs is 1. The molecule has 1 aliphatic carbocycles. The van der Waals surface area contributed by atoms with E-state index < -0.39 is 11.7 Å². The van der Waals surface area contributed by atoms with E-state index >= 15 is 0 Å². The quantitative estimate of drug-likeness (QED) is 0.479. The molecule has 0 saturated carbocycles. The van der Waals surface area contributed by atoms with Gasteiger partial charge in [-0.3, -0.25) is 10.0 Å². The van der Waals surface area contributed by atoms with Crippen LogP contribution >= 0.6 is 0 Å². The summed E-state index contributed by atoms with van der Waals surface area (Å²) in [6.45, 7) is 0. The molecule has 0 fully saturated rings. The molecule has 142 valence electrons. The van der Waals surface area contributed by atoms with Gasteiger partial charge in [-0.05, 0) is 48.6 Å². The fraction of sp³-hybridized carbons (Fsp3) is 0.190. The highest BCUT2D eigenvalue weighted by atomic mass is 19.1. The van der Waals surface area contributed by atoms with E-state index in [4.69, 9.17) is 5.21 Å². The number of carbonyl (C=O) groups excluding carboxylic acids is 1. The van der Waals surface area contributed by atoms with E-state index in [2.05, 4.69) is 15.3 Å². The third-order valence-corrected chi connectivity index (χ3v) is 4.92. The van der Waals surface area contributed by atoms with E-state index in [0.717, 1.165) is 28.8 Å². The molecule has 1 aromatic heterocycles. The maximum absolute atomic E-state index is 14.1. The molecule has 3 N–H and O–H groups in total. The van der Waals surface area contributed by atoms with Crippen LogP contribution in [-0.4, -0.2) is 27.1 Å². The first-order valence-corrected chi connectivity index (χ1v) is 9.05. The van der Waals surface area contributed by atoms with Crippen LogP contribution in [-0.2, 0) is 12.8 Å². The van der Waals surface area contributed by atoms with Crippen molar-refractivity contribution in [1.82, 2.24) is 15.4 Å². The van der Waals surface area contributed by atoms with Crippen molar-refractivity contribution >= 4 is 11.9 Å². The maximum atomic E-state index is 14.1. The Kier molecular flexibility index (Phi) is 4.99. The van der Waals surface area contributed by atoms with Gasteiger partial charge in [-0.2, -0.15) is 0 Å². The van der Waals surface area contributed by atoms with Gasteiger partial charge in [0, 0.05) is 17.8 Å². The van der Waals surface area contributed by atoms with Crippen molar-refractivity contribution in [2.75, 3.05) is 5.32 Å². The fourth-order valence-electron chi connectivity index (χ4n) is 3.52. The predicted molar refractivity (Wildman–Crippen MR) is 103 cm³/mol. The summed E-state index contributed by atoms with van der Waals surface area (Å²) in [5, 5.41) is 12.1. The SMILES string of the molecule is O=C(NO)c1cc2c(cc1F)CCC(Nc1nccc(-c3ccccc3)n1)C2. The zero-order valence-electron chi connectivity index (χ0n) is 15.0. The minimum absolute atomic E-state index is 0.0639. The number of amides is 1. The van der Waals surface area contributed by atoms with Crippen LogP contribution in [0.25, 0.3) is 11.3 Å². The first-order valence-electron chi connectivity index (χ1n) is 9.05. The molecule has 7 heteroatoms. The number of rotatable bonds is 4. The Hall–Kier alpha value is -3.32. The third-order valence-electron chi connectivity index (χ3n) is 4.92. The molecule has 0 bridgehead atoms. The number of carbonyl (C=O) groups is 1. The van der Waals surface area contributed by atoms with Crippen LogP contribution in [0, 0.1) is 5.82 Å². The summed E-state index contributed by atoms with van der Waals surface area (Å²) in [5.74, 6) is -0.949. The summed E-state index contributed by atoms with van der Waals surface area (Å²) < 4.78 is 14.1. The summed E-state index contributed by atoms with van der Waals surface area (Å²) in [6.07, 6.45) is 3.81. The summed E-state index contributed by atoms with van der Waals surface area (Å²) in [7, 11) is 0. The van der Waals surface area contributed by atoms with Crippen LogP contribution in [0.1, 0.15) is 27.9 Å². The van der Waals surface area contributed by atoms with E-state index in [1.807, 2.05) is 36.4 Å². The van der Waals surface area contributed by atoms with Gasteiger partial charge in [0.2, 0.25) is 5.95 Å². The van der Waals surface area contributed by atoms with Gasteiger partial charge in [-0.25, -0.2) is 19.8 Å². The molecule has 0 aliphatic heterocycles. The maximum Gasteiger partial charge on any atom is 0.277 e. The molecule has 4 rings (SSSR count). The Morgan fingerprint density at radius 1 is 1.14 bits per heavy atom.